The minimum absolute atomic E-state index is 0.0479. The smallest absolute Gasteiger partial charge is 0.408 e. The summed E-state index contributed by atoms with van der Waals surface area (Å²) < 4.78 is 5.06. The van der Waals surface area contributed by atoms with Gasteiger partial charge in [-0.2, -0.15) is 4.98 Å². The van der Waals surface area contributed by atoms with E-state index in [0.717, 1.165) is 41.3 Å². The van der Waals surface area contributed by atoms with E-state index < -0.39 is 5.76 Å². The molecule has 2 aromatic carbocycles. The Labute approximate surface area is 235 Å². The van der Waals surface area contributed by atoms with Gasteiger partial charge in [0.15, 0.2) is 5.58 Å². The Morgan fingerprint density at radius 1 is 1.05 bits per heavy atom. The number of aromatic amines is 1. The molecule has 12 nitrogen and oxygen atoms in total. The molecular weight excluding hydrogens is 522 g/mol. The summed E-state index contributed by atoms with van der Waals surface area (Å²) >= 11 is 0. The van der Waals surface area contributed by atoms with Crippen molar-refractivity contribution in [3.05, 3.63) is 94.7 Å². The van der Waals surface area contributed by atoms with Crippen molar-refractivity contribution in [1.29, 1.82) is 0 Å². The van der Waals surface area contributed by atoms with Crippen molar-refractivity contribution in [2.45, 2.75) is 25.9 Å². The maximum atomic E-state index is 12.3. The molecule has 3 aromatic heterocycles. The topological polar surface area (TPSA) is 153 Å². The van der Waals surface area contributed by atoms with Gasteiger partial charge in [-0.1, -0.05) is 30.3 Å². The molecule has 208 valence electrons. The van der Waals surface area contributed by atoms with Crippen molar-refractivity contribution in [3.8, 4) is 0 Å². The lowest BCUT2D eigenvalue weighted by Crippen LogP contribution is -2.43. The molecule has 0 aliphatic carbocycles. The van der Waals surface area contributed by atoms with E-state index in [9.17, 15) is 9.59 Å². The zero-order chi connectivity index (χ0) is 28.2. The standard InChI is InChI=1S/C29H29N9O3/c1-18-14-31-27(37-26(18)33-20-7-9-24-23(13-20)36-29(40)41-24)34-21-8-10-25(30-16-21)38-12-11-22(17-38)35-28(39)32-15-19-5-3-2-4-6-19/h2-10,13-14,16,22H,11-12,15,17H2,1H3,(H,36,40)(H2,32,35,39)(H2,31,33,34,37). The summed E-state index contributed by atoms with van der Waals surface area (Å²) in [5.41, 5.74) is 4.50. The number of aromatic nitrogens is 4. The van der Waals surface area contributed by atoms with Crippen LogP contribution < -0.4 is 31.9 Å². The SMILES string of the molecule is Cc1cnc(Nc2ccc(N3CCC(NC(=O)NCc4ccccc4)C3)nc2)nc1Nc1ccc2oc(=O)[nH]c2c1. The van der Waals surface area contributed by atoms with Gasteiger partial charge in [-0.05, 0) is 49.2 Å². The van der Waals surface area contributed by atoms with Gasteiger partial charge in [-0.15, -0.1) is 0 Å². The van der Waals surface area contributed by atoms with Crippen LogP contribution in [0.2, 0.25) is 0 Å². The Kier molecular flexibility index (Phi) is 7.18. The number of nitrogens with zero attached hydrogens (tertiary/aromatic N) is 4. The first-order valence-corrected chi connectivity index (χ1v) is 13.3. The summed E-state index contributed by atoms with van der Waals surface area (Å²) in [5, 5.41) is 12.4. The predicted octanol–water partition coefficient (Wildman–Crippen LogP) is 4.18. The van der Waals surface area contributed by atoms with Crippen molar-refractivity contribution >= 4 is 46.1 Å². The number of aryl methyl sites for hydroxylation is 1. The number of rotatable bonds is 8. The summed E-state index contributed by atoms with van der Waals surface area (Å²) in [6.45, 7) is 3.89. The molecule has 5 N–H and O–H groups in total. The normalized spacial score (nSPS) is 14.7. The fourth-order valence-corrected chi connectivity index (χ4v) is 4.67. The number of hydrogen-bond donors (Lipinski definition) is 5. The van der Waals surface area contributed by atoms with Crippen LogP contribution in [0.1, 0.15) is 17.5 Å². The summed E-state index contributed by atoms with van der Waals surface area (Å²) in [6.07, 6.45) is 4.31. The predicted molar refractivity (Wildman–Crippen MR) is 157 cm³/mol. The number of amides is 2. The van der Waals surface area contributed by atoms with E-state index in [1.165, 1.54) is 0 Å². The lowest BCUT2D eigenvalue weighted by atomic mass is 10.2. The van der Waals surface area contributed by atoms with Gasteiger partial charge in [0.05, 0.1) is 17.4 Å². The number of nitrogens with one attached hydrogen (secondary N) is 5. The van der Waals surface area contributed by atoms with Gasteiger partial charge in [0, 0.05) is 43.1 Å². The van der Waals surface area contributed by atoms with Crippen LogP contribution in [-0.4, -0.2) is 45.1 Å². The lowest BCUT2D eigenvalue weighted by molar-refractivity contribution is 0.237. The molecule has 12 heteroatoms. The number of H-pyrrole nitrogens is 1. The van der Waals surface area contributed by atoms with Gasteiger partial charge in [0.2, 0.25) is 5.95 Å². The van der Waals surface area contributed by atoms with Crippen LogP contribution in [0.4, 0.5) is 33.8 Å². The van der Waals surface area contributed by atoms with E-state index in [-0.39, 0.29) is 12.1 Å². The van der Waals surface area contributed by atoms with Crippen LogP contribution in [-0.2, 0) is 6.54 Å². The second-order valence-corrected chi connectivity index (χ2v) is 9.85. The van der Waals surface area contributed by atoms with Crippen LogP contribution in [0.3, 0.4) is 0 Å². The van der Waals surface area contributed by atoms with Gasteiger partial charge in [-0.25, -0.2) is 19.6 Å². The minimum atomic E-state index is -0.496. The van der Waals surface area contributed by atoms with E-state index in [1.54, 1.807) is 24.5 Å². The Balaban J connectivity index is 1.03. The van der Waals surface area contributed by atoms with Crippen molar-refractivity contribution in [1.82, 2.24) is 30.6 Å². The average molecular weight is 552 g/mol. The van der Waals surface area contributed by atoms with E-state index in [1.807, 2.05) is 55.5 Å². The molecule has 1 aliphatic heterocycles. The first-order chi connectivity index (χ1) is 20.0. The molecule has 1 atom stereocenters. The summed E-state index contributed by atoms with van der Waals surface area (Å²) in [6, 6.07) is 18.9. The summed E-state index contributed by atoms with van der Waals surface area (Å²) in [4.78, 5) is 42.2. The van der Waals surface area contributed by atoms with Gasteiger partial charge >= 0.3 is 11.8 Å². The van der Waals surface area contributed by atoms with E-state index in [0.29, 0.717) is 36.0 Å². The van der Waals surface area contributed by atoms with E-state index in [2.05, 4.69) is 46.1 Å². The van der Waals surface area contributed by atoms with Gasteiger partial charge in [0.25, 0.3) is 0 Å². The monoisotopic (exact) mass is 551 g/mol. The van der Waals surface area contributed by atoms with Crippen molar-refractivity contribution < 1.29 is 9.21 Å². The number of urea groups is 1. The first kappa shape index (κ1) is 25.9. The maximum Gasteiger partial charge on any atom is 0.417 e. The summed E-state index contributed by atoms with van der Waals surface area (Å²) in [7, 11) is 0. The number of anilines is 5. The molecule has 41 heavy (non-hydrogen) atoms. The molecule has 6 rings (SSSR count). The molecule has 1 saturated heterocycles. The van der Waals surface area contributed by atoms with Crippen LogP contribution >= 0.6 is 0 Å². The highest BCUT2D eigenvalue weighted by atomic mass is 16.4. The molecule has 1 unspecified atom stereocenters. The highest BCUT2D eigenvalue weighted by Gasteiger charge is 2.24. The fourth-order valence-electron chi connectivity index (χ4n) is 4.67. The molecule has 0 bridgehead atoms. The average Bonchev–Trinajstić information content (AvgIpc) is 3.60. The second-order valence-electron chi connectivity index (χ2n) is 9.85. The number of carbonyl (C=O) groups excluding carboxylic acids is 1. The third kappa shape index (κ3) is 6.27. The quantitative estimate of drug-likeness (QED) is 0.191. The number of benzene rings is 2. The molecular formula is C29H29N9O3. The number of hydrogen-bond acceptors (Lipinski definition) is 9. The number of pyridine rings is 1. The van der Waals surface area contributed by atoms with Crippen molar-refractivity contribution in [2.24, 2.45) is 0 Å². The largest absolute Gasteiger partial charge is 0.417 e. The molecule has 4 heterocycles. The Hall–Kier alpha value is -5.39. The van der Waals surface area contributed by atoms with Gasteiger partial charge in [-0.3, -0.25) is 4.98 Å². The van der Waals surface area contributed by atoms with Crippen LogP contribution in [0.15, 0.2) is 82.3 Å². The zero-order valence-corrected chi connectivity index (χ0v) is 22.3. The number of fused-ring (bicyclic) bond motifs is 1. The maximum absolute atomic E-state index is 12.3. The summed E-state index contributed by atoms with van der Waals surface area (Å²) in [5.74, 6) is 1.38. The molecule has 2 amide bonds. The van der Waals surface area contributed by atoms with Gasteiger partial charge in [0.1, 0.15) is 11.6 Å². The molecule has 0 saturated carbocycles. The van der Waals surface area contributed by atoms with E-state index in [4.69, 9.17) is 4.42 Å². The molecule has 5 aromatic rings. The first-order valence-electron chi connectivity index (χ1n) is 13.3. The highest BCUT2D eigenvalue weighted by molar-refractivity contribution is 5.78. The Morgan fingerprint density at radius 3 is 2.73 bits per heavy atom. The Morgan fingerprint density at radius 2 is 1.90 bits per heavy atom. The third-order valence-corrected chi connectivity index (χ3v) is 6.80. The molecule has 0 radical (unpaired) electrons. The fraction of sp³-hybridized carbons (Fsp3) is 0.207. The second kappa shape index (κ2) is 11.4. The number of oxazole rings is 1. The van der Waals surface area contributed by atoms with Crippen LogP contribution in [0.25, 0.3) is 11.1 Å². The Bertz CT molecular complexity index is 1720. The molecule has 0 spiro atoms. The van der Waals surface area contributed by atoms with Crippen LogP contribution in [0.5, 0.6) is 0 Å². The molecule has 1 fully saturated rings. The lowest BCUT2D eigenvalue weighted by Gasteiger charge is -2.18. The van der Waals surface area contributed by atoms with Crippen molar-refractivity contribution in [2.75, 3.05) is 28.6 Å². The number of carbonyl (C=O) groups is 1. The molecule has 1 aliphatic rings. The minimum Gasteiger partial charge on any atom is -0.408 e. The zero-order valence-electron chi connectivity index (χ0n) is 22.3. The third-order valence-electron chi connectivity index (χ3n) is 6.80. The van der Waals surface area contributed by atoms with Crippen molar-refractivity contribution in [3.63, 3.8) is 0 Å². The van der Waals surface area contributed by atoms with Gasteiger partial charge < -0.3 is 30.6 Å². The van der Waals surface area contributed by atoms with Crippen LogP contribution in [0, 0.1) is 6.92 Å². The van der Waals surface area contributed by atoms with E-state index >= 15 is 0 Å². The highest BCUT2D eigenvalue weighted by Crippen LogP contribution is 2.24.